The molecule has 4 rings (SSSR count). The summed E-state index contributed by atoms with van der Waals surface area (Å²) in [5, 5.41) is 0. The number of benzene rings is 1. The Morgan fingerprint density at radius 3 is 1.97 bits per heavy atom. The van der Waals surface area contributed by atoms with Gasteiger partial charge in [-0.25, -0.2) is 0 Å². The molecule has 2 fully saturated rings. The Kier molecular flexibility index (Phi) is 5.88. The fraction of sp³-hybridized carbons (Fsp3) is 0.739. The first-order chi connectivity index (χ1) is 14.5. The number of hydrogen-bond acceptors (Lipinski definition) is 2. The highest BCUT2D eigenvalue weighted by molar-refractivity contribution is 5.46. The molecule has 2 aliphatic carbocycles. The van der Waals surface area contributed by atoms with Crippen LogP contribution < -0.4 is 9.47 Å². The van der Waals surface area contributed by atoms with Crippen molar-refractivity contribution in [2.24, 2.45) is 23.7 Å². The Morgan fingerprint density at radius 2 is 1.39 bits per heavy atom. The van der Waals surface area contributed by atoms with Gasteiger partial charge in [-0.3, -0.25) is 0 Å². The summed E-state index contributed by atoms with van der Waals surface area (Å²) in [5.74, 6) is -9.77. The van der Waals surface area contributed by atoms with Gasteiger partial charge in [0.05, 0.1) is 0 Å². The molecule has 0 saturated heterocycles. The second-order valence-electron chi connectivity index (χ2n) is 9.33. The van der Waals surface area contributed by atoms with Crippen molar-refractivity contribution in [2.45, 2.75) is 82.9 Å². The minimum atomic E-state index is -4.50. The number of halogens is 6. The third kappa shape index (κ3) is 4.23. The maximum Gasteiger partial charge on any atom is 0.586 e. The van der Waals surface area contributed by atoms with Crippen LogP contribution in [0, 0.1) is 23.7 Å². The molecule has 1 aromatic rings. The zero-order chi connectivity index (χ0) is 22.4. The summed E-state index contributed by atoms with van der Waals surface area (Å²) in [7, 11) is 0. The van der Waals surface area contributed by atoms with Crippen LogP contribution in [0.1, 0.15) is 70.3 Å². The Bertz CT molecular complexity index is 780. The number of rotatable bonds is 5. The number of ether oxygens (including phenoxy) is 2. The van der Waals surface area contributed by atoms with Crippen LogP contribution in [-0.2, 0) is 5.92 Å². The van der Waals surface area contributed by atoms with Gasteiger partial charge >= 0.3 is 18.1 Å². The van der Waals surface area contributed by atoms with Crippen molar-refractivity contribution in [3.8, 4) is 11.5 Å². The summed E-state index contributed by atoms with van der Waals surface area (Å²) in [5.41, 5.74) is -1.04. The number of fused-ring (bicyclic) bond motifs is 1. The van der Waals surface area contributed by atoms with Crippen LogP contribution in [0.5, 0.6) is 11.5 Å². The van der Waals surface area contributed by atoms with Crippen molar-refractivity contribution in [1.82, 2.24) is 0 Å². The predicted octanol–water partition coefficient (Wildman–Crippen LogP) is 7.76. The molecule has 2 nitrogen and oxygen atoms in total. The standard InChI is InChI=1S/C23H28F6O2/c1-2-14-3-5-15(6-4-14)16-7-9-17(10-8-16)21(24,25)22(26,27)18-11-12-19-20(13-18)31-23(28,29)30-19/h11-17H,2-10H2,1H3. The molecular weight excluding hydrogens is 422 g/mol. The quantitative estimate of drug-likeness (QED) is 0.427. The van der Waals surface area contributed by atoms with Gasteiger partial charge in [-0.1, -0.05) is 26.2 Å². The van der Waals surface area contributed by atoms with Crippen molar-refractivity contribution in [1.29, 1.82) is 0 Å². The minimum Gasteiger partial charge on any atom is -0.395 e. The van der Waals surface area contributed by atoms with Crippen molar-refractivity contribution in [3.05, 3.63) is 23.8 Å². The van der Waals surface area contributed by atoms with E-state index in [2.05, 4.69) is 16.4 Å². The average molecular weight is 450 g/mol. The van der Waals surface area contributed by atoms with Crippen molar-refractivity contribution in [3.63, 3.8) is 0 Å². The molecule has 2 saturated carbocycles. The Hall–Kier alpha value is -1.60. The maximum absolute atomic E-state index is 15.0. The Labute approximate surface area is 178 Å². The molecule has 0 atom stereocenters. The van der Waals surface area contributed by atoms with Crippen LogP contribution in [0.4, 0.5) is 26.3 Å². The van der Waals surface area contributed by atoms with E-state index in [0.29, 0.717) is 36.8 Å². The van der Waals surface area contributed by atoms with E-state index in [-0.39, 0.29) is 12.8 Å². The largest absolute Gasteiger partial charge is 0.586 e. The molecule has 1 heterocycles. The van der Waals surface area contributed by atoms with E-state index < -0.39 is 41.1 Å². The minimum absolute atomic E-state index is 0.0452. The van der Waals surface area contributed by atoms with Gasteiger partial charge in [-0.05, 0) is 74.5 Å². The average Bonchev–Trinajstić information content (AvgIpc) is 3.06. The van der Waals surface area contributed by atoms with Gasteiger partial charge in [0.15, 0.2) is 11.5 Å². The summed E-state index contributed by atoms with van der Waals surface area (Å²) in [4.78, 5) is 0. The van der Waals surface area contributed by atoms with Gasteiger partial charge in [0.2, 0.25) is 0 Å². The predicted molar refractivity (Wildman–Crippen MR) is 103 cm³/mol. The van der Waals surface area contributed by atoms with Gasteiger partial charge in [0.25, 0.3) is 0 Å². The summed E-state index contributed by atoms with van der Waals surface area (Å²) in [6.07, 6.45) is 2.86. The normalized spacial score (nSPS) is 30.9. The lowest BCUT2D eigenvalue weighted by Crippen LogP contribution is -2.46. The van der Waals surface area contributed by atoms with Crippen LogP contribution >= 0.6 is 0 Å². The van der Waals surface area contributed by atoms with Crippen LogP contribution in [0.15, 0.2) is 18.2 Å². The zero-order valence-electron chi connectivity index (χ0n) is 17.5. The van der Waals surface area contributed by atoms with Gasteiger partial charge in [0.1, 0.15) is 0 Å². The molecule has 8 heteroatoms. The topological polar surface area (TPSA) is 18.5 Å². The van der Waals surface area contributed by atoms with E-state index in [4.69, 9.17) is 0 Å². The molecule has 0 N–H and O–H groups in total. The van der Waals surface area contributed by atoms with Crippen LogP contribution in [0.25, 0.3) is 0 Å². The Balaban J connectivity index is 1.42. The molecule has 0 amide bonds. The number of alkyl halides is 6. The summed E-state index contributed by atoms with van der Waals surface area (Å²) < 4.78 is 94.3. The smallest absolute Gasteiger partial charge is 0.395 e. The molecule has 0 radical (unpaired) electrons. The van der Waals surface area contributed by atoms with E-state index in [0.717, 1.165) is 31.2 Å². The second-order valence-corrected chi connectivity index (χ2v) is 9.33. The first-order valence-corrected chi connectivity index (χ1v) is 11.2. The maximum atomic E-state index is 15.0. The van der Waals surface area contributed by atoms with Crippen molar-refractivity contribution >= 4 is 0 Å². The molecule has 3 aliphatic rings. The molecule has 0 aromatic heterocycles. The van der Waals surface area contributed by atoms with Gasteiger partial charge in [-0.2, -0.15) is 17.6 Å². The first-order valence-electron chi connectivity index (χ1n) is 11.2. The summed E-state index contributed by atoms with van der Waals surface area (Å²) in [6.45, 7) is 2.18. The highest BCUT2D eigenvalue weighted by Crippen LogP contribution is 2.54. The molecule has 1 aromatic carbocycles. The van der Waals surface area contributed by atoms with E-state index in [9.17, 15) is 26.3 Å². The van der Waals surface area contributed by atoms with E-state index in [1.54, 1.807) is 0 Å². The van der Waals surface area contributed by atoms with Crippen LogP contribution in [0.3, 0.4) is 0 Å². The van der Waals surface area contributed by atoms with Gasteiger partial charge in [-0.15, -0.1) is 8.78 Å². The lowest BCUT2D eigenvalue weighted by Gasteiger charge is -2.41. The SMILES string of the molecule is CCC1CCC(C2CCC(C(F)(F)C(F)(F)c3ccc4c(c3)OC(F)(F)O4)CC2)CC1. The Morgan fingerprint density at radius 1 is 0.839 bits per heavy atom. The van der Waals surface area contributed by atoms with Crippen LogP contribution in [0.2, 0.25) is 0 Å². The molecule has 0 spiro atoms. The highest BCUT2D eigenvalue weighted by atomic mass is 19.3. The molecule has 174 valence electrons. The van der Waals surface area contributed by atoms with Gasteiger partial charge < -0.3 is 9.47 Å². The second kappa shape index (κ2) is 8.07. The zero-order valence-corrected chi connectivity index (χ0v) is 17.5. The fourth-order valence-corrected chi connectivity index (χ4v) is 5.61. The van der Waals surface area contributed by atoms with E-state index in [1.807, 2.05) is 0 Å². The van der Waals surface area contributed by atoms with Crippen molar-refractivity contribution < 1.29 is 35.8 Å². The molecule has 0 unspecified atom stereocenters. The van der Waals surface area contributed by atoms with E-state index >= 15 is 0 Å². The third-order valence-corrected chi connectivity index (χ3v) is 7.60. The third-order valence-electron chi connectivity index (χ3n) is 7.60. The van der Waals surface area contributed by atoms with Gasteiger partial charge in [0, 0.05) is 11.5 Å². The lowest BCUT2D eigenvalue weighted by atomic mass is 9.67. The highest BCUT2D eigenvalue weighted by Gasteiger charge is 2.62. The molecule has 31 heavy (non-hydrogen) atoms. The summed E-state index contributed by atoms with van der Waals surface area (Å²) in [6, 6.07) is 2.05. The number of hydrogen-bond donors (Lipinski definition) is 0. The monoisotopic (exact) mass is 450 g/mol. The lowest BCUT2D eigenvalue weighted by molar-refractivity contribution is -0.286. The molecular formula is C23H28F6O2. The van der Waals surface area contributed by atoms with E-state index in [1.165, 1.54) is 12.8 Å². The van der Waals surface area contributed by atoms with Crippen LogP contribution in [-0.4, -0.2) is 12.2 Å². The molecule has 1 aliphatic heterocycles. The summed E-state index contributed by atoms with van der Waals surface area (Å²) >= 11 is 0. The fourth-order valence-electron chi connectivity index (χ4n) is 5.61. The molecule has 0 bridgehead atoms. The first kappa shape index (κ1) is 22.6. The van der Waals surface area contributed by atoms with Crippen molar-refractivity contribution in [2.75, 3.05) is 0 Å².